The first kappa shape index (κ1) is 24.2. The molecule has 0 saturated carbocycles. The maximum Gasteiger partial charge on any atom is -1.00 e. The molecule has 0 aromatic heterocycles. The van der Waals surface area contributed by atoms with Crippen molar-refractivity contribution in [1.82, 2.24) is 10.6 Å². The van der Waals surface area contributed by atoms with Crippen LogP contribution in [0.5, 0.6) is 0 Å². The van der Waals surface area contributed by atoms with E-state index in [1.165, 1.54) is 19.3 Å². The fourth-order valence-electron chi connectivity index (χ4n) is 2.55. The van der Waals surface area contributed by atoms with Crippen molar-refractivity contribution in [3.63, 3.8) is 0 Å². The molecule has 21 heavy (non-hydrogen) atoms. The van der Waals surface area contributed by atoms with Crippen LogP contribution in [0, 0.1) is 0 Å². The van der Waals surface area contributed by atoms with Gasteiger partial charge in [0, 0.05) is 0 Å². The van der Waals surface area contributed by atoms with Gasteiger partial charge in [-0.2, -0.15) is 0 Å². The number of halogens is 2. The second-order valence-corrected chi connectivity index (χ2v) is 6.87. The van der Waals surface area contributed by atoms with Crippen LogP contribution in [0.25, 0.3) is 0 Å². The fraction of sp³-hybridized carbons (Fsp3) is 1.00. The zero-order valence-corrected chi connectivity index (χ0v) is 15.9. The summed E-state index contributed by atoms with van der Waals surface area (Å²) in [5.74, 6) is 0. The van der Waals surface area contributed by atoms with Gasteiger partial charge in [0.05, 0.1) is 0 Å². The Labute approximate surface area is 151 Å². The van der Waals surface area contributed by atoms with Gasteiger partial charge in [-0.25, -0.2) is 0 Å². The molecule has 0 aromatic rings. The predicted octanol–water partition coefficient (Wildman–Crippen LogP) is -5.83. The van der Waals surface area contributed by atoms with E-state index < -0.39 is 6.10 Å². The molecule has 4 nitrogen and oxygen atoms in total. The predicted molar refractivity (Wildman–Crippen MR) is 73.1 cm³/mol. The summed E-state index contributed by atoms with van der Waals surface area (Å²) in [5, 5.41) is 19.0. The molecule has 0 bridgehead atoms. The molecule has 0 amide bonds. The van der Waals surface area contributed by atoms with Gasteiger partial charge in [-0.3, -0.25) is 0 Å². The third kappa shape index (κ3) is 12.1. The summed E-state index contributed by atoms with van der Waals surface area (Å²) in [6, 6.07) is 0. The summed E-state index contributed by atoms with van der Waals surface area (Å²) in [6.07, 6.45) is 5.23. The third-order valence-corrected chi connectivity index (χ3v) is 4.59. The first-order valence-electron chi connectivity index (χ1n) is 7.80. The Bertz CT molecular complexity index is 228. The van der Waals surface area contributed by atoms with Crippen LogP contribution in [0.3, 0.4) is 0 Å². The molecule has 0 radical (unpaired) electrons. The summed E-state index contributed by atoms with van der Waals surface area (Å²) in [6.45, 7) is 9.03. The van der Waals surface area contributed by atoms with Gasteiger partial charge in [-0.1, -0.05) is 0 Å². The van der Waals surface area contributed by atoms with E-state index in [2.05, 4.69) is 34.1 Å². The minimum Gasteiger partial charge on any atom is -1.00 e. The second kappa shape index (κ2) is 14.5. The van der Waals surface area contributed by atoms with Gasteiger partial charge < -0.3 is 24.8 Å². The molecule has 1 aliphatic rings. The quantitative estimate of drug-likeness (QED) is 0.434. The van der Waals surface area contributed by atoms with Gasteiger partial charge >= 0.3 is 127 Å². The van der Waals surface area contributed by atoms with Gasteiger partial charge in [-0.05, 0) is 0 Å². The molecule has 1 heterocycles. The van der Waals surface area contributed by atoms with Crippen LogP contribution in [0.2, 0.25) is 0 Å². The molecule has 0 aromatic carbocycles. The number of nitrogens with one attached hydrogen (secondary N) is 2. The number of hydrogen-bond acceptors (Lipinski definition) is 3. The molecule has 129 valence electrons. The van der Waals surface area contributed by atoms with E-state index in [1.54, 1.807) is 0 Å². The Morgan fingerprint density at radius 1 is 1.00 bits per heavy atom. The minimum atomic E-state index is -0.418. The molecule has 1 saturated heterocycles. The Balaban J connectivity index is 0. The maximum absolute atomic E-state index is 12.2. The molecule has 1 rings (SSSR count). The van der Waals surface area contributed by atoms with Crippen molar-refractivity contribution in [1.29, 1.82) is 0 Å². The summed E-state index contributed by atoms with van der Waals surface area (Å²) in [4.78, 5) is 0. The van der Waals surface area contributed by atoms with Gasteiger partial charge in [0.2, 0.25) is 0 Å². The van der Waals surface area contributed by atoms with Gasteiger partial charge in [-0.15, -0.1) is 0 Å². The number of rotatable bonds is 7. The van der Waals surface area contributed by atoms with Crippen LogP contribution in [0.4, 0.5) is 0 Å². The van der Waals surface area contributed by atoms with Crippen LogP contribution in [-0.2, 0) is 16.5 Å². The molecular formula is C14H30Cl2CrN3O-2. The number of unbranched alkanes of at least 4 members (excludes halogenated alkanes) is 3. The number of nitrogens with zero attached hydrogens (tertiary/aromatic N) is 1. The van der Waals surface area contributed by atoms with Gasteiger partial charge in [0.15, 0.2) is 0 Å². The first-order valence-corrected chi connectivity index (χ1v) is 8.37. The normalized spacial score (nSPS) is 20.1. The van der Waals surface area contributed by atoms with Crippen molar-refractivity contribution >= 4 is 0 Å². The van der Waals surface area contributed by atoms with Crippen molar-refractivity contribution in [3.8, 4) is 0 Å². The molecule has 0 aliphatic carbocycles. The maximum atomic E-state index is 12.2. The van der Waals surface area contributed by atoms with E-state index in [0.717, 1.165) is 62.1 Å². The minimum absolute atomic E-state index is 0. The molecular weight excluding hydrogens is 349 g/mol. The van der Waals surface area contributed by atoms with E-state index in [-0.39, 0.29) is 24.8 Å². The van der Waals surface area contributed by atoms with Gasteiger partial charge in [0.1, 0.15) is 0 Å². The SMILES string of the molecule is CCCCCCC([O-])C[N+]1([Cr])CCNCCNCC1.[Cl-].[Cl-]. The summed E-state index contributed by atoms with van der Waals surface area (Å²) >= 11 is 3.28. The molecule has 1 unspecified atom stereocenters. The standard InChI is InChI=1S/C14H30N3O.2ClH.Cr/c1-2-3-4-5-6-14(18)13-17-11-9-15-7-8-16-10-12-17;;;/h14-16H,2-13H2,1H3;2*1H;/q-1;;;+1/p-2. The van der Waals surface area contributed by atoms with E-state index in [9.17, 15) is 5.11 Å². The second-order valence-electron chi connectivity index (χ2n) is 5.66. The Hall–Kier alpha value is 0.952. The van der Waals surface area contributed by atoms with E-state index >= 15 is 0 Å². The van der Waals surface area contributed by atoms with E-state index in [4.69, 9.17) is 0 Å². The number of quaternary nitrogens is 1. The van der Waals surface area contributed by atoms with Crippen molar-refractivity contribution < 1.29 is 49.9 Å². The van der Waals surface area contributed by atoms with Crippen LogP contribution in [-0.4, -0.2) is 55.4 Å². The summed E-state index contributed by atoms with van der Waals surface area (Å²) in [7, 11) is 0. The number of hydrogen-bond donors (Lipinski definition) is 2. The van der Waals surface area contributed by atoms with Crippen molar-refractivity contribution in [2.75, 3.05) is 45.8 Å². The summed E-state index contributed by atoms with van der Waals surface area (Å²) < 4.78 is 0.794. The molecule has 0 spiro atoms. The fourth-order valence-corrected chi connectivity index (χ4v) is 3.09. The Morgan fingerprint density at radius 2 is 1.57 bits per heavy atom. The van der Waals surface area contributed by atoms with Crippen LogP contribution in [0.1, 0.15) is 39.0 Å². The van der Waals surface area contributed by atoms with Crippen molar-refractivity contribution in [2.24, 2.45) is 0 Å². The van der Waals surface area contributed by atoms with Gasteiger partial charge in [0.25, 0.3) is 0 Å². The average molecular weight is 379 g/mol. The van der Waals surface area contributed by atoms with Crippen LogP contribution < -0.4 is 40.6 Å². The zero-order valence-electron chi connectivity index (χ0n) is 13.1. The Morgan fingerprint density at radius 3 is 2.10 bits per heavy atom. The first-order chi connectivity index (χ1) is 9.16. The Kier molecular flexibility index (Phi) is 16.8. The molecule has 1 fully saturated rings. The third-order valence-electron chi connectivity index (χ3n) is 3.79. The smallest absolute Gasteiger partial charge is 1.00 e. The summed E-state index contributed by atoms with van der Waals surface area (Å²) in [5.41, 5.74) is 0. The monoisotopic (exact) mass is 378 g/mol. The van der Waals surface area contributed by atoms with Crippen molar-refractivity contribution in [3.05, 3.63) is 0 Å². The van der Waals surface area contributed by atoms with Crippen LogP contribution >= 0.6 is 0 Å². The molecule has 7 heteroatoms. The molecule has 1 aliphatic heterocycles. The van der Waals surface area contributed by atoms with E-state index in [0.29, 0.717) is 0 Å². The zero-order chi connectivity index (χ0) is 14.0. The average Bonchev–Trinajstić information content (AvgIpc) is 2.47. The van der Waals surface area contributed by atoms with Crippen molar-refractivity contribution in [2.45, 2.75) is 45.1 Å². The van der Waals surface area contributed by atoms with E-state index in [1.807, 2.05) is 0 Å². The topological polar surface area (TPSA) is 47.1 Å². The largest absolute Gasteiger partial charge is 1.00 e. The van der Waals surface area contributed by atoms with Crippen LogP contribution in [0.15, 0.2) is 0 Å². The molecule has 2 N–H and O–H groups in total. The molecule has 1 atom stereocenters.